The summed E-state index contributed by atoms with van der Waals surface area (Å²) >= 11 is 0. The van der Waals surface area contributed by atoms with Crippen LogP contribution in [0.15, 0.2) is 54.6 Å². The molecule has 4 fully saturated rings. The minimum atomic E-state index is -0.928. The standard InChI is InChI=1S/C25H27FO3/c26-22-8-6-19(7-9-22)25(20-11-17-10-18(13-20)14-21(25)12-17)23(24(27)28)29-15-16-4-2-1-3-5-16/h1-9,17-18,20-21,23H,10-15H2,(H,27,28). The van der Waals surface area contributed by atoms with Crippen molar-refractivity contribution >= 4 is 5.97 Å². The number of rotatable bonds is 6. The van der Waals surface area contributed by atoms with Gasteiger partial charge >= 0.3 is 5.97 Å². The zero-order valence-electron chi connectivity index (χ0n) is 16.5. The lowest BCUT2D eigenvalue weighted by Crippen LogP contribution is -2.63. The molecule has 0 heterocycles. The molecular formula is C25H27FO3. The molecule has 0 aliphatic heterocycles. The van der Waals surface area contributed by atoms with Crippen molar-refractivity contribution in [2.75, 3.05) is 0 Å². The molecule has 6 rings (SSSR count). The first-order valence-electron chi connectivity index (χ1n) is 10.7. The third-order valence-corrected chi connectivity index (χ3v) is 7.75. The van der Waals surface area contributed by atoms with E-state index >= 15 is 0 Å². The topological polar surface area (TPSA) is 46.5 Å². The van der Waals surface area contributed by atoms with E-state index in [0.29, 0.717) is 11.8 Å². The van der Waals surface area contributed by atoms with Crippen LogP contribution >= 0.6 is 0 Å². The molecule has 0 spiro atoms. The smallest absolute Gasteiger partial charge is 0.333 e. The van der Waals surface area contributed by atoms with Gasteiger partial charge in [-0.1, -0.05) is 42.5 Å². The van der Waals surface area contributed by atoms with Crippen molar-refractivity contribution in [3.05, 3.63) is 71.5 Å². The van der Waals surface area contributed by atoms with Gasteiger partial charge in [-0.25, -0.2) is 9.18 Å². The van der Waals surface area contributed by atoms with Gasteiger partial charge in [0.05, 0.1) is 6.61 Å². The molecule has 0 aromatic heterocycles. The van der Waals surface area contributed by atoms with Gasteiger partial charge in [-0.05, 0) is 79.0 Å². The van der Waals surface area contributed by atoms with Gasteiger partial charge in [0.1, 0.15) is 5.82 Å². The van der Waals surface area contributed by atoms with Gasteiger partial charge in [0.2, 0.25) is 0 Å². The zero-order valence-corrected chi connectivity index (χ0v) is 16.5. The van der Waals surface area contributed by atoms with Crippen molar-refractivity contribution in [3.63, 3.8) is 0 Å². The molecule has 29 heavy (non-hydrogen) atoms. The maximum atomic E-state index is 13.7. The number of benzene rings is 2. The molecule has 3 nitrogen and oxygen atoms in total. The van der Waals surface area contributed by atoms with Crippen molar-refractivity contribution in [3.8, 4) is 0 Å². The Bertz CT molecular complexity index is 849. The molecule has 152 valence electrons. The molecule has 2 aromatic carbocycles. The Balaban J connectivity index is 1.57. The van der Waals surface area contributed by atoms with E-state index in [9.17, 15) is 14.3 Å². The van der Waals surface area contributed by atoms with E-state index < -0.39 is 17.5 Å². The number of carboxylic acid groups (broad SMARTS) is 1. The number of carboxylic acids is 1. The summed E-state index contributed by atoms with van der Waals surface area (Å²) in [5.41, 5.74) is 1.33. The van der Waals surface area contributed by atoms with Gasteiger partial charge in [-0.15, -0.1) is 0 Å². The average Bonchev–Trinajstić information content (AvgIpc) is 2.71. The highest BCUT2D eigenvalue weighted by Crippen LogP contribution is 2.64. The van der Waals surface area contributed by atoms with E-state index in [0.717, 1.165) is 36.8 Å². The fourth-order valence-corrected chi connectivity index (χ4v) is 6.92. The SMILES string of the molecule is O=C(O)C(OCc1ccccc1)C1(c2ccc(F)cc2)C2CC3CC(C2)CC1C3. The van der Waals surface area contributed by atoms with Crippen LogP contribution in [0.25, 0.3) is 0 Å². The van der Waals surface area contributed by atoms with Crippen molar-refractivity contribution in [1.82, 2.24) is 0 Å². The Morgan fingerprint density at radius 2 is 1.55 bits per heavy atom. The molecule has 0 radical (unpaired) electrons. The summed E-state index contributed by atoms with van der Waals surface area (Å²) in [5, 5.41) is 10.3. The third kappa shape index (κ3) is 3.09. The molecule has 4 bridgehead atoms. The second kappa shape index (κ2) is 7.24. The highest BCUT2D eigenvalue weighted by atomic mass is 19.1. The molecule has 4 heteroatoms. The molecule has 1 atom stereocenters. The first kappa shape index (κ1) is 18.8. The van der Waals surface area contributed by atoms with Gasteiger partial charge < -0.3 is 9.84 Å². The van der Waals surface area contributed by atoms with Gasteiger partial charge in [-0.3, -0.25) is 0 Å². The molecule has 1 N–H and O–H groups in total. The number of aliphatic carboxylic acids is 1. The quantitative estimate of drug-likeness (QED) is 0.733. The summed E-state index contributed by atoms with van der Waals surface area (Å²) in [6, 6.07) is 16.3. The molecule has 4 aliphatic rings. The molecule has 0 amide bonds. The Morgan fingerprint density at radius 3 is 2.10 bits per heavy atom. The first-order valence-corrected chi connectivity index (χ1v) is 10.7. The van der Waals surface area contributed by atoms with Crippen LogP contribution < -0.4 is 0 Å². The summed E-state index contributed by atoms with van der Waals surface area (Å²) in [6.07, 6.45) is 4.59. The van der Waals surface area contributed by atoms with E-state index in [4.69, 9.17) is 4.74 Å². The lowest BCUT2D eigenvalue weighted by molar-refractivity contribution is -0.179. The van der Waals surface area contributed by atoms with Crippen LogP contribution in [0.2, 0.25) is 0 Å². The minimum Gasteiger partial charge on any atom is -0.479 e. The minimum absolute atomic E-state index is 0.271. The van der Waals surface area contributed by atoms with Crippen LogP contribution in [-0.4, -0.2) is 17.2 Å². The molecule has 4 saturated carbocycles. The van der Waals surface area contributed by atoms with Gasteiger partial charge in [-0.2, -0.15) is 0 Å². The predicted octanol–water partition coefficient (Wildman–Crippen LogP) is 5.19. The van der Waals surface area contributed by atoms with E-state index in [2.05, 4.69) is 0 Å². The number of hydrogen-bond acceptors (Lipinski definition) is 2. The van der Waals surface area contributed by atoms with Crippen LogP contribution in [0.5, 0.6) is 0 Å². The number of hydrogen-bond donors (Lipinski definition) is 1. The van der Waals surface area contributed by atoms with Crippen LogP contribution in [0.1, 0.15) is 43.2 Å². The van der Waals surface area contributed by atoms with Crippen LogP contribution in [0.3, 0.4) is 0 Å². The van der Waals surface area contributed by atoms with Gasteiger partial charge in [0, 0.05) is 5.41 Å². The lowest BCUT2D eigenvalue weighted by atomic mass is 9.42. The summed E-state index contributed by atoms with van der Waals surface area (Å²) < 4.78 is 19.9. The molecule has 2 aromatic rings. The number of halogens is 1. The summed E-state index contributed by atoms with van der Waals surface area (Å²) in [4.78, 5) is 12.6. The number of carbonyl (C=O) groups is 1. The average molecular weight is 394 g/mol. The Labute approximate surface area is 170 Å². The maximum absolute atomic E-state index is 13.7. The van der Waals surface area contributed by atoms with Gasteiger partial charge in [0.25, 0.3) is 0 Å². The third-order valence-electron chi connectivity index (χ3n) is 7.75. The first-order chi connectivity index (χ1) is 14.1. The fourth-order valence-electron chi connectivity index (χ4n) is 6.92. The Morgan fingerprint density at radius 1 is 0.966 bits per heavy atom. The second-order valence-electron chi connectivity index (χ2n) is 9.26. The van der Waals surface area contributed by atoms with Gasteiger partial charge in [0.15, 0.2) is 6.10 Å². The van der Waals surface area contributed by atoms with E-state index in [1.54, 1.807) is 12.1 Å². The van der Waals surface area contributed by atoms with Crippen molar-refractivity contribution in [2.24, 2.45) is 23.7 Å². The molecule has 1 unspecified atom stereocenters. The number of ether oxygens (including phenoxy) is 1. The summed E-state index contributed by atoms with van der Waals surface area (Å²) in [6.45, 7) is 0.271. The molecule has 0 saturated heterocycles. The highest BCUT2D eigenvalue weighted by molar-refractivity contribution is 5.75. The molecular weight excluding hydrogens is 367 g/mol. The summed E-state index contributed by atoms with van der Waals surface area (Å²) in [5.74, 6) is 0.772. The summed E-state index contributed by atoms with van der Waals surface area (Å²) in [7, 11) is 0. The zero-order chi connectivity index (χ0) is 20.0. The monoisotopic (exact) mass is 394 g/mol. The maximum Gasteiger partial charge on any atom is 0.333 e. The largest absolute Gasteiger partial charge is 0.479 e. The highest BCUT2D eigenvalue weighted by Gasteiger charge is 2.63. The second-order valence-corrected chi connectivity index (χ2v) is 9.26. The van der Waals surface area contributed by atoms with E-state index in [1.807, 2.05) is 30.3 Å². The van der Waals surface area contributed by atoms with Crippen molar-refractivity contribution < 1.29 is 19.0 Å². The normalized spacial score (nSPS) is 33.6. The van der Waals surface area contributed by atoms with E-state index in [-0.39, 0.29) is 24.3 Å². The fraction of sp³-hybridized carbons (Fsp3) is 0.480. The van der Waals surface area contributed by atoms with Crippen molar-refractivity contribution in [2.45, 2.75) is 50.2 Å². The van der Waals surface area contributed by atoms with Crippen molar-refractivity contribution in [1.29, 1.82) is 0 Å². The lowest BCUT2D eigenvalue weighted by Gasteiger charge is -2.63. The Kier molecular flexibility index (Phi) is 4.70. The van der Waals surface area contributed by atoms with E-state index in [1.165, 1.54) is 18.6 Å². The van der Waals surface area contributed by atoms with Crippen LogP contribution in [0, 0.1) is 29.5 Å². The predicted molar refractivity (Wildman–Crippen MR) is 108 cm³/mol. The van der Waals surface area contributed by atoms with Crippen LogP contribution in [-0.2, 0) is 21.6 Å². The molecule has 4 aliphatic carbocycles. The Hall–Kier alpha value is -2.20. The van der Waals surface area contributed by atoms with Crippen LogP contribution in [0.4, 0.5) is 4.39 Å².